The Morgan fingerprint density at radius 1 is 1.10 bits per heavy atom. The standard InChI is InChI=1S/C16H25NO2S/c1-12(16(18-2)19-3)17-13-8-10-15(11-9-13)20-14-6-4-5-7-14/h8-12,14,16-17H,4-7H2,1-3H3. The van der Waals surface area contributed by atoms with Gasteiger partial charge in [-0.3, -0.25) is 0 Å². The van der Waals surface area contributed by atoms with E-state index in [1.807, 2.05) is 11.8 Å². The molecule has 0 amide bonds. The zero-order valence-electron chi connectivity index (χ0n) is 12.6. The lowest BCUT2D eigenvalue weighted by Gasteiger charge is -2.23. The van der Waals surface area contributed by atoms with Gasteiger partial charge in [-0.25, -0.2) is 0 Å². The Balaban J connectivity index is 1.87. The monoisotopic (exact) mass is 295 g/mol. The number of benzene rings is 1. The molecule has 0 aliphatic heterocycles. The fraction of sp³-hybridized carbons (Fsp3) is 0.625. The largest absolute Gasteiger partial charge is 0.377 e. The van der Waals surface area contributed by atoms with Crippen LogP contribution in [0, 0.1) is 0 Å². The van der Waals surface area contributed by atoms with Crippen LogP contribution in [0.15, 0.2) is 29.2 Å². The summed E-state index contributed by atoms with van der Waals surface area (Å²) in [5, 5.41) is 4.22. The SMILES string of the molecule is COC(OC)C(C)Nc1ccc(SC2CCCC2)cc1. The van der Waals surface area contributed by atoms with Crippen molar-refractivity contribution < 1.29 is 9.47 Å². The summed E-state index contributed by atoms with van der Waals surface area (Å²) in [6.07, 6.45) is 5.28. The van der Waals surface area contributed by atoms with E-state index in [1.54, 1.807) is 14.2 Å². The number of nitrogens with one attached hydrogen (secondary N) is 1. The third-order valence-corrected chi connectivity index (χ3v) is 5.08. The Kier molecular flexibility index (Phi) is 6.20. The zero-order chi connectivity index (χ0) is 14.4. The molecular formula is C16H25NO2S. The molecule has 1 unspecified atom stereocenters. The molecule has 1 aromatic carbocycles. The molecule has 2 rings (SSSR count). The lowest BCUT2D eigenvalue weighted by Crippen LogP contribution is -2.33. The number of anilines is 1. The smallest absolute Gasteiger partial charge is 0.176 e. The van der Waals surface area contributed by atoms with Crippen molar-refractivity contribution in [1.29, 1.82) is 0 Å². The summed E-state index contributed by atoms with van der Waals surface area (Å²) >= 11 is 2.02. The molecule has 4 heteroatoms. The van der Waals surface area contributed by atoms with E-state index in [1.165, 1.54) is 30.6 Å². The van der Waals surface area contributed by atoms with Crippen molar-refractivity contribution in [3.63, 3.8) is 0 Å². The van der Waals surface area contributed by atoms with Gasteiger partial charge in [0.1, 0.15) is 0 Å². The van der Waals surface area contributed by atoms with Crippen LogP contribution in [0.3, 0.4) is 0 Å². The molecule has 0 spiro atoms. The highest BCUT2D eigenvalue weighted by Gasteiger charge is 2.17. The second kappa shape index (κ2) is 7.91. The lowest BCUT2D eigenvalue weighted by molar-refractivity contribution is -0.109. The van der Waals surface area contributed by atoms with Crippen LogP contribution < -0.4 is 5.32 Å². The van der Waals surface area contributed by atoms with Gasteiger partial charge in [0.2, 0.25) is 0 Å². The average Bonchev–Trinajstić information content (AvgIpc) is 2.95. The van der Waals surface area contributed by atoms with Crippen molar-refractivity contribution in [3.8, 4) is 0 Å². The number of hydrogen-bond donors (Lipinski definition) is 1. The molecule has 20 heavy (non-hydrogen) atoms. The van der Waals surface area contributed by atoms with Gasteiger partial charge in [0, 0.05) is 30.1 Å². The van der Waals surface area contributed by atoms with Crippen LogP contribution in [0.1, 0.15) is 32.6 Å². The molecule has 1 aromatic rings. The zero-order valence-corrected chi connectivity index (χ0v) is 13.4. The first-order valence-corrected chi connectivity index (χ1v) is 8.19. The minimum absolute atomic E-state index is 0.110. The number of hydrogen-bond acceptors (Lipinski definition) is 4. The highest BCUT2D eigenvalue weighted by Crippen LogP contribution is 2.35. The van der Waals surface area contributed by atoms with E-state index in [4.69, 9.17) is 9.47 Å². The molecule has 112 valence electrons. The molecule has 1 fully saturated rings. The number of ether oxygens (including phenoxy) is 2. The van der Waals surface area contributed by atoms with Gasteiger partial charge in [0.25, 0.3) is 0 Å². The average molecular weight is 295 g/mol. The van der Waals surface area contributed by atoms with Crippen LogP contribution in [0.4, 0.5) is 5.69 Å². The van der Waals surface area contributed by atoms with E-state index in [0.29, 0.717) is 0 Å². The van der Waals surface area contributed by atoms with Crippen molar-refractivity contribution in [2.24, 2.45) is 0 Å². The van der Waals surface area contributed by atoms with Crippen LogP contribution in [0.25, 0.3) is 0 Å². The van der Waals surface area contributed by atoms with Crippen molar-refractivity contribution >= 4 is 17.4 Å². The van der Waals surface area contributed by atoms with Crippen LogP contribution in [-0.4, -0.2) is 31.8 Å². The highest BCUT2D eigenvalue weighted by atomic mass is 32.2. The first-order valence-electron chi connectivity index (χ1n) is 7.31. The van der Waals surface area contributed by atoms with E-state index < -0.39 is 0 Å². The highest BCUT2D eigenvalue weighted by molar-refractivity contribution is 8.00. The van der Waals surface area contributed by atoms with E-state index in [9.17, 15) is 0 Å². The molecule has 0 radical (unpaired) electrons. The third kappa shape index (κ3) is 4.40. The van der Waals surface area contributed by atoms with Crippen molar-refractivity contribution in [3.05, 3.63) is 24.3 Å². The maximum atomic E-state index is 5.26. The normalized spacial score (nSPS) is 17.6. The van der Waals surface area contributed by atoms with E-state index >= 15 is 0 Å². The van der Waals surface area contributed by atoms with Crippen LogP contribution >= 0.6 is 11.8 Å². The Hall–Kier alpha value is -0.710. The second-order valence-electron chi connectivity index (χ2n) is 5.32. The topological polar surface area (TPSA) is 30.5 Å². The van der Waals surface area contributed by atoms with Gasteiger partial charge in [-0.15, -0.1) is 11.8 Å². The maximum absolute atomic E-state index is 5.26. The molecule has 3 nitrogen and oxygen atoms in total. The molecular weight excluding hydrogens is 270 g/mol. The van der Waals surface area contributed by atoms with E-state index in [0.717, 1.165) is 10.9 Å². The predicted molar refractivity (Wildman–Crippen MR) is 85.4 cm³/mol. The summed E-state index contributed by atoms with van der Waals surface area (Å²) in [4.78, 5) is 1.37. The Labute approximate surface area is 126 Å². The molecule has 0 bridgehead atoms. The Morgan fingerprint density at radius 2 is 1.70 bits per heavy atom. The van der Waals surface area contributed by atoms with Crippen molar-refractivity contribution in [2.75, 3.05) is 19.5 Å². The first-order chi connectivity index (χ1) is 9.72. The first kappa shape index (κ1) is 15.7. The Morgan fingerprint density at radius 3 is 2.25 bits per heavy atom. The second-order valence-corrected chi connectivity index (χ2v) is 6.70. The lowest BCUT2D eigenvalue weighted by atomic mass is 10.2. The summed E-state index contributed by atoms with van der Waals surface area (Å²) in [6, 6.07) is 8.78. The molecule has 1 atom stereocenters. The number of thioether (sulfide) groups is 1. The molecule has 1 N–H and O–H groups in total. The van der Waals surface area contributed by atoms with Crippen molar-refractivity contribution in [2.45, 2.75) is 55.1 Å². The van der Waals surface area contributed by atoms with Crippen LogP contribution in [0.5, 0.6) is 0 Å². The fourth-order valence-electron chi connectivity index (χ4n) is 2.66. The Bertz CT molecular complexity index is 386. The maximum Gasteiger partial charge on any atom is 0.176 e. The minimum atomic E-state index is -0.234. The molecule has 1 aliphatic rings. The molecule has 0 saturated heterocycles. The van der Waals surface area contributed by atoms with Gasteiger partial charge in [-0.2, -0.15) is 0 Å². The fourth-order valence-corrected chi connectivity index (χ4v) is 3.91. The molecule has 1 aliphatic carbocycles. The number of methoxy groups -OCH3 is 2. The van der Waals surface area contributed by atoms with Gasteiger partial charge < -0.3 is 14.8 Å². The third-order valence-electron chi connectivity index (χ3n) is 3.73. The molecule has 1 saturated carbocycles. The molecule has 0 aromatic heterocycles. The predicted octanol–water partition coefficient (Wildman–Crippen LogP) is 4.14. The van der Waals surface area contributed by atoms with Crippen LogP contribution in [0.2, 0.25) is 0 Å². The summed E-state index contributed by atoms with van der Waals surface area (Å²) in [5.74, 6) is 0. The summed E-state index contributed by atoms with van der Waals surface area (Å²) in [7, 11) is 3.32. The summed E-state index contributed by atoms with van der Waals surface area (Å²) in [6.45, 7) is 2.05. The van der Waals surface area contributed by atoms with Gasteiger partial charge in [-0.1, -0.05) is 12.8 Å². The van der Waals surface area contributed by atoms with Crippen LogP contribution in [-0.2, 0) is 9.47 Å². The van der Waals surface area contributed by atoms with Gasteiger partial charge in [-0.05, 0) is 44.0 Å². The minimum Gasteiger partial charge on any atom is -0.377 e. The van der Waals surface area contributed by atoms with E-state index in [2.05, 4.69) is 36.5 Å². The van der Waals surface area contributed by atoms with Crippen molar-refractivity contribution in [1.82, 2.24) is 0 Å². The molecule has 0 heterocycles. The van der Waals surface area contributed by atoms with E-state index in [-0.39, 0.29) is 12.3 Å². The van der Waals surface area contributed by atoms with Gasteiger partial charge in [0.15, 0.2) is 6.29 Å². The quantitative estimate of drug-likeness (QED) is 0.766. The number of rotatable bonds is 7. The summed E-state index contributed by atoms with van der Waals surface area (Å²) < 4.78 is 10.5. The van der Waals surface area contributed by atoms with Gasteiger partial charge in [0.05, 0.1) is 6.04 Å². The summed E-state index contributed by atoms with van der Waals surface area (Å²) in [5.41, 5.74) is 1.10. The van der Waals surface area contributed by atoms with Gasteiger partial charge >= 0.3 is 0 Å².